The van der Waals surface area contributed by atoms with E-state index in [9.17, 15) is 0 Å². The molecule has 102 valence electrons. The maximum absolute atomic E-state index is 5.89. The fourth-order valence-corrected chi connectivity index (χ4v) is 2.23. The van der Waals surface area contributed by atoms with Gasteiger partial charge in [-0.15, -0.1) is 6.58 Å². The van der Waals surface area contributed by atoms with Crippen LogP contribution in [0.1, 0.15) is 11.6 Å². The molecule has 0 amide bonds. The molecule has 5 heteroatoms. The van der Waals surface area contributed by atoms with E-state index >= 15 is 0 Å². The summed E-state index contributed by atoms with van der Waals surface area (Å²) >= 11 is 0. The molecule has 1 aliphatic rings. The molecule has 0 spiro atoms. The van der Waals surface area contributed by atoms with Crippen LogP contribution in [0.2, 0.25) is 0 Å². The van der Waals surface area contributed by atoms with Gasteiger partial charge in [-0.3, -0.25) is 4.99 Å². The summed E-state index contributed by atoms with van der Waals surface area (Å²) in [6.07, 6.45) is 1.82. The first kappa shape index (κ1) is 13.3. The van der Waals surface area contributed by atoms with E-state index in [0.29, 0.717) is 30.5 Å². The molecule has 1 aromatic carbocycles. The van der Waals surface area contributed by atoms with E-state index in [1.54, 1.807) is 14.2 Å². The van der Waals surface area contributed by atoms with Gasteiger partial charge in [-0.05, 0) is 17.7 Å². The van der Waals surface area contributed by atoms with E-state index in [-0.39, 0.29) is 6.04 Å². The number of nitrogens with zero attached hydrogens (tertiary/aromatic N) is 2. The first-order valence-electron chi connectivity index (χ1n) is 6.10. The summed E-state index contributed by atoms with van der Waals surface area (Å²) < 4.78 is 10.6. The molecule has 2 N–H and O–H groups in total. The van der Waals surface area contributed by atoms with Crippen LogP contribution in [0.25, 0.3) is 0 Å². The minimum Gasteiger partial charge on any atom is -0.493 e. The maximum atomic E-state index is 5.89. The lowest BCUT2D eigenvalue weighted by Crippen LogP contribution is -2.36. The summed E-state index contributed by atoms with van der Waals surface area (Å²) in [5.41, 5.74) is 6.99. The van der Waals surface area contributed by atoms with Crippen LogP contribution in [-0.2, 0) is 0 Å². The number of guanidine groups is 1. The van der Waals surface area contributed by atoms with E-state index in [0.717, 1.165) is 5.56 Å². The summed E-state index contributed by atoms with van der Waals surface area (Å²) in [5, 5.41) is 0. The fourth-order valence-electron chi connectivity index (χ4n) is 2.23. The molecule has 0 aliphatic carbocycles. The number of hydrogen-bond acceptors (Lipinski definition) is 5. The van der Waals surface area contributed by atoms with Gasteiger partial charge in [-0.25, -0.2) is 0 Å². The highest BCUT2D eigenvalue weighted by Crippen LogP contribution is 2.33. The zero-order chi connectivity index (χ0) is 13.8. The van der Waals surface area contributed by atoms with Crippen LogP contribution >= 0.6 is 0 Å². The Morgan fingerprint density at radius 2 is 2.16 bits per heavy atom. The average molecular weight is 261 g/mol. The van der Waals surface area contributed by atoms with Crippen molar-refractivity contribution in [1.29, 1.82) is 0 Å². The molecule has 5 nitrogen and oxygen atoms in total. The molecule has 2 rings (SSSR count). The number of nitrogens with two attached hydrogens (primary N) is 1. The third kappa shape index (κ3) is 2.50. The summed E-state index contributed by atoms with van der Waals surface area (Å²) in [6.45, 7) is 5.07. The molecule has 0 bridgehead atoms. The molecule has 19 heavy (non-hydrogen) atoms. The Labute approximate surface area is 113 Å². The zero-order valence-corrected chi connectivity index (χ0v) is 11.3. The van der Waals surface area contributed by atoms with Crippen molar-refractivity contribution in [1.82, 2.24) is 4.90 Å². The van der Waals surface area contributed by atoms with Crippen molar-refractivity contribution in [3.8, 4) is 11.5 Å². The lowest BCUT2D eigenvalue weighted by molar-refractivity contribution is 0.349. The lowest BCUT2D eigenvalue weighted by Gasteiger charge is -2.25. The highest BCUT2D eigenvalue weighted by atomic mass is 16.5. The van der Waals surface area contributed by atoms with Crippen LogP contribution < -0.4 is 15.2 Å². The summed E-state index contributed by atoms with van der Waals surface area (Å²) in [5.74, 6) is 1.98. The molecule has 1 unspecified atom stereocenters. The molecular weight excluding hydrogens is 242 g/mol. The predicted octanol–water partition coefficient (Wildman–Crippen LogP) is 1.56. The van der Waals surface area contributed by atoms with Crippen molar-refractivity contribution >= 4 is 5.96 Å². The monoisotopic (exact) mass is 261 g/mol. The number of hydrogen-bond donors (Lipinski definition) is 1. The smallest absolute Gasteiger partial charge is 0.192 e. The van der Waals surface area contributed by atoms with Gasteiger partial charge in [0.15, 0.2) is 17.5 Å². The maximum Gasteiger partial charge on any atom is 0.192 e. The zero-order valence-electron chi connectivity index (χ0n) is 11.3. The Kier molecular flexibility index (Phi) is 3.94. The van der Waals surface area contributed by atoms with Crippen LogP contribution in [0.3, 0.4) is 0 Å². The number of methoxy groups -OCH3 is 2. The van der Waals surface area contributed by atoms with Gasteiger partial charge in [-0.2, -0.15) is 0 Å². The van der Waals surface area contributed by atoms with E-state index in [4.69, 9.17) is 15.2 Å². The first-order valence-corrected chi connectivity index (χ1v) is 6.10. The van der Waals surface area contributed by atoms with Crippen molar-refractivity contribution in [3.05, 3.63) is 36.4 Å². The quantitative estimate of drug-likeness (QED) is 0.817. The van der Waals surface area contributed by atoms with Crippen molar-refractivity contribution in [2.24, 2.45) is 10.7 Å². The fraction of sp³-hybridized carbons (Fsp3) is 0.357. The van der Waals surface area contributed by atoms with Crippen LogP contribution in [0, 0.1) is 0 Å². The second-order valence-corrected chi connectivity index (χ2v) is 4.27. The molecule has 0 radical (unpaired) electrons. The number of aliphatic imine (C=N–C) groups is 1. The van der Waals surface area contributed by atoms with Gasteiger partial charge >= 0.3 is 0 Å². The predicted molar refractivity (Wildman–Crippen MR) is 75.7 cm³/mol. The van der Waals surface area contributed by atoms with E-state index in [1.165, 1.54) is 0 Å². The second-order valence-electron chi connectivity index (χ2n) is 4.27. The van der Waals surface area contributed by atoms with Gasteiger partial charge in [0.1, 0.15) is 0 Å². The molecule has 0 saturated carbocycles. The Bertz CT molecular complexity index is 499. The summed E-state index contributed by atoms with van der Waals surface area (Å²) in [6, 6.07) is 6.00. The number of benzene rings is 1. The molecule has 0 aromatic heterocycles. The van der Waals surface area contributed by atoms with E-state index < -0.39 is 0 Å². The van der Waals surface area contributed by atoms with Crippen LogP contribution in [0.5, 0.6) is 11.5 Å². The third-order valence-corrected chi connectivity index (χ3v) is 3.21. The van der Waals surface area contributed by atoms with Gasteiger partial charge in [-0.1, -0.05) is 12.1 Å². The average Bonchev–Trinajstić information content (AvgIpc) is 2.80. The Morgan fingerprint density at radius 1 is 1.42 bits per heavy atom. The highest BCUT2D eigenvalue weighted by Gasteiger charge is 2.27. The molecule has 1 aliphatic heterocycles. The Morgan fingerprint density at radius 3 is 2.79 bits per heavy atom. The standard InChI is InChI=1S/C14H19N3O2/c1-4-7-17-11(9-16-14(17)15)10-5-6-12(18-2)13(8-10)19-3/h4-6,8,11H,1,7,9H2,2-3H3,(H2,15,16). The van der Waals surface area contributed by atoms with E-state index in [1.807, 2.05) is 29.2 Å². The lowest BCUT2D eigenvalue weighted by atomic mass is 10.1. The van der Waals surface area contributed by atoms with Crippen LogP contribution in [0.15, 0.2) is 35.8 Å². The first-order chi connectivity index (χ1) is 9.21. The molecular formula is C14H19N3O2. The molecule has 0 saturated heterocycles. The molecule has 1 atom stereocenters. The Balaban J connectivity index is 2.29. The number of rotatable bonds is 5. The van der Waals surface area contributed by atoms with Crippen LogP contribution in [0.4, 0.5) is 0 Å². The molecule has 0 fully saturated rings. The summed E-state index contributed by atoms with van der Waals surface area (Å²) in [7, 11) is 3.25. The van der Waals surface area contributed by atoms with Crippen molar-refractivity contribution in [2.45, 2.75) is 6.04 Å². The Hall–Kier alpha value is -2.17. The van der Waals surface area contributed by atoms with Crippen LogP contribution in [-0.4, -0.2) is 38.2 Å². The minimum atomic E-state index is 0.123. The molecule has 1 heterocycles. The number of ether oxygens (including phenoxy) is 2. The largest absolute Gasteiger partial charge is 0.493 e. The van der Waals surface area contributed by atoms with Gasteiger partial charge in [0.25, 0.3) is 0 Å². The van der Waals surface area contributed by atoms with Gasteiger partial charge < -0.3 is 20.1 Å². The highest BCUT2D eigenvalue weighted by molar-refractivity contribution is 5.80. The van der Waals surface area contributed by atoms with Gasteiger partial charge in [0.2, 0.25) is 0 Å². The van der Waals surface area contributed by atoms with Gasteiger partial charge in [0, 0.05) is 6.54 Å². The SMILES string of the molecule is C=CCN1C(N)=NCC1c1ccc(OC)c(OC)c1. The topological polar surface area (TPSA) is 60.1 Å². The second kappa shape index (κ2) is 5.65. The normalized spacial score (nSPS) is 18.1. The van der Waals surface area contributed by atoms with Gasteiger partial charge in [0.05, 0.1) is 26.8 Å². The van der Waals surface area contributed by atoms with Crippen molar-refractivity contribution < 1.29 is 9.47 Å². The van der Waals surface area contributed by atoms with Crippen molar-refractivity contribution in [2.75, 3.05) is 27.3 Å². The summed E-state index contributed by atoms with van der Waals surface area (Å²) in [4.78, 5) is 6.31. The van der Waals surface area contributed by atoms with E-state index in [2.05, 4.69) is 11.6 Å². The minimum absolute atomic E-state index is 0.123. The molecule has 1 aromatic rings. The van der Waals surface area contributed by atoms with Crippen molar-refractivity contribution in [3.63, 3.8) is 0 Å². The third-order valence-electron chi connectivity index (χ3n) is 3.21.